The normalized spacial score (nSPS) is 10.1. The first-order chi connectivity index (χ1) is 13.1. The molecule has 0 aromatic heterocycles. The Bertz CT molecular complexity index is 968. The summed E-state index contributed by atoms with van der Waals surface area (Å²) in [6, 6.07) is 22.2. The zero-order valence-electron chi connectivity index (χ0n) is 15.2. The van der Waals surface area contributed by atoms with Crippen molar-refractivity contribution in [3.8, 4) is 16.9 Å². The van der Waals surface area contributed by atoms with Crippen molar-refractivity contribution >= 4 is 23.2 Å². The second kappa shape index (κ2) is 8.19. The fourth-order valence-electron chi connectivity index (χ4n) is 2.83. The van der Waals surface area contributed by atoms with Gasteiger partial charge >= 0.3 is 0 Å². The molecule has 0 unspecified atom stereocenters. The highest BCUT2D eigenvalue weighted by atomic mass is 16.5. The van der Waals surface area contributed by atoms with E-state index in [0.29, 0.717) is 22.7 Å². The first kappa shape index (κ1) is 18.2. The number of rotatable bonds is 5. The van der Waals surface area contributed by atoms with Crippen LogP contribution in [0.5, 0.6) is 5.75 Å². The third-order valence-electron chi connectivity index (χ3n) is 4.02. The number of anilines is 2. The summed E-state index contributed by atoms with van der Waals surface area (Å²) >= 11 is 0. The Morgan fingerprint density at radius 1 is 0.852 bits per heavy atom. The number of carbonyl (C=O) groups is 2. The van der Waals surface area contributed by atoms with Crippen LogP contribution in [0.2, 0.25) is 0 Å². The molecule has 0 saturated heterocycles. The standard InChI is InChI=1S/C22H20N2O3/c1-15(25)23-17-12-13-21(27-2)20(14-17)24-22(26)19-11-7-6-10-18(19)16-8-4-3-5-9-16/h3-14H,1-2H3,(H,23,25)(H,24,26). The number of methoxy groups -OCH3 is 1. The molecule has 3 aromatic carbocycles. The molecule has 0 fully saturated rings. The van der Waals surface area contributed by atoms with E-state index in [2.05, 4.69) is 10.6 Å². The lowest BCUT2D eigenvalue weighted by atomic mass is 9.99. The van der Waals surface area contributed by atoms with E-state index >= 15 is 0 Å². The molecular weight excluding hydrogens is 340 g/mol. The maximum absolute atomic E-state index is 13.0. The quantitative estimate of drug-likeness (QED) is 0.700. The van der Waals surface area contributed by atoms with Crippen molar-refractivity contribution in [3.05, 3.63) is 78.4 Å². The Balaban J connectivity index is 1.94. The van der Waals surface area contributed by atoms with Gasteiger partial charge in [-0.25, -0.2) is 0 Å². The summed E-state index contributed by atoms with van der Waals surface area (Å²) in [6.07, 6.45) is 0. The van der Waals surface area contributed by atoms with Crippen LogP contribution < -0.4 is 15.4 Å². The topological polar surface area (TPSA) is 67.4 Å². The summed E-state index contributed by atoms with van der Waals surface area (Å²) in [5, 5.41) is 5.59. The number of amides is 2. The summed E-state index contributed by atoms with van der Waals surface area (Å²) in [4.78, 5) is 24.3. The summed E-state index contributed by atoms with van der Waals surface area (Å²) in [7, 11) is 1.53. The van der Waals surface area contributed by atoms with E-state index in [-0.39, 0.29) is 11.8 Å². The summed E-state index contributed by atoms with van der Waals surface area (Å²) in [5.74, 6) is 0.0641. The van der Waals surface area contributed by atoms with Crippen molar-refractivity contribution in [2.75, 3.05) is 17.7 Å². The third kappa shape index (κ3) is 4.33. The Labute approximate surface area is 158 Å². The molecule has 0 heterocycles. The van der Waals surface area contributed by atoms with Gasteiger partial charge in [0.05, 0.1) is 12.8 Å². The molecule has 0 atom stereocenters. The van der Waals surface area contributed by atoms with Gasteiger partial charge in [-0.2, -0.15) is 0 Å². The maximum atomic E-state index is 13.0. The molecule has 5 nitrogen and oxygen atoms in total. The monoisotopic (exact) mass is 360 g/mol. The Morgan fingerprint density at radius 3 is 2.26 bits per heavy atom. The molecule has 27 heavy (non-hydrogen) atoms. The minimum Gasteiger partial charge on any atom is -0.495 e. The first-order valence-corrected chi connectivity index (χ1v) is 8.50. The first-order valence-electron chi connectivity index (χ1n) is 8.50. The molecule has 5 heteroatoms. The minimum atomic E-state index is -0.257. The molecule has 136 valence electrons. The molecule has 0 spiro atoms. The average molecular weight is 360 g/mol. The number of hydrogen-bond acceptors (Lipinski definition) is 3. The Hall–Kier alpha value is -3.60. The number of ether oxygens (including phenoxy) is 1. The van der Waals surface area contributed by atoms with Gasteiger partial charge in [-0.05, 0) is 35.4 Å². The van der Waals surface area contributed by atoms with Gasteiger partial charge in [0.25, 0.3) is 5.91 Å². The van der Waals surface area contributed by atoms with Crippen LogP contribution in [0.1, 0.15) is 17.3 Å². The van der Waals surface area contributed by atoms with Crippen molar-refractivity contribution in [2.45, 2.75) is 6.92 Å². The van der Waals surface area contributed by atoms with Gasteiger partial charge < -0.3 is 15.4 Å². The van der Waals surface area contributed by atoms with Gasteiger partial charge in [0, 0.05) is 18.2 Å². The second-order valence-corrected chi connectivity index (χ2v) is 5.96. The predicted octanol–water partition coefficient (Wildman–Crippen LogP) is 4.57. The van der Waals surface area contributed by atoms with Crippen LogP contribution in [0.15, 0.2) is 72.8 Å². The average Bonchev–Trinajstić information content (AvgIpc) is 2.68. The predicted molar refractivity (Wildman–Crippen MR) is 107 cm³/mol. The molecule has 0 aliphatic heterocycles. The van der Waals surface area contributed by atoms with E-state index in [4.69, 9.17) is 4.74 Å². The van der Waals surface area contributed by atoms with E-state index in [1.54, 1.807) is 24.3 Å². The van der Waals surface area contributed by atoms with Crippen molar-refractivity contribution < 1.29 is 14.3 Å². The van der Waals surface area contributed by atoms with Crippen LogP contribution >= 0.6 is 0 Å². The molecular formula is C22H20N2O3. The summed E-state index contributed by atoms with van der Waals surface area (Å²) in [5.41, 5.74) is 3.41. The number of hydrogen-bond donors (Lipinski definition) is 2. The van der Waals surface area contributed by atoms with E-state index in [1.165, 1.54) is 14.0 Å². The lowest BCUT2D eigenvalue weighted by molar-refractivity contribution is -0.114. The molecule has 0 saturated carbocycles. The molecule has 0 radical (unpaired) electrons. The van der Waals surface area contributed by atoms with Crippen molar-refractivity contribution in [1.29, 1.82) is 0 Å². The number of nitrogens with one attached hydrogen (secondary N) is 2. The smallest absolute Gasteiger partial charge is 0.256 e. The lowest BCUT2D eigenvalue weighted by Crippen LogP contribution is -2.14. The molecule has 3 aromatic rings. The molecule has 3 rings (SSSR count). The highest BCUT2D eigenvalue weighted by molar-refractivity contribution is 6.09. The van der Waals surface area contributed by atoms with Crippen LogP contribution in [-0.2, 0) is 4.79 Å². The maximum Gasteiger partial charge on any atom is 0.256 e. The largest absolute Gasteiger partial charge is 0.495 e. The highest BCUT2D eigenvalue weighted by Gasteiger charge is 2.15. The van der Waals surface area contributed by atoms with E-state index in [0.717, 1.165) is 11.1 Å². The van der Waals surface area contributed by atoms with Crippen molar-refractivity contribution in [3.63, 3.8) is 0 Å². The molecule has 0 aliphatic carbocycles. The number of carbonyl (C=O) groups excluding carboxylic acids is 2. The SMILES string of the molecule is COc1ccc(NC(C)=O)cc1NC(=O)c1ccccc1-c1ccccc1. The molecule has 0 aliphatic rings. The van der Waals surface area contributed by atoms with Crippen LogP contribution in [0.4, 0.5) is 11.4 Å². The van der Waals surface area contributed by atoms with Gasteiger partial charge in [-0.3, -0.25) is 9.59 Å². The lowest BCUT2D eigenvalue weighted by Gasteiger charge is -2.14. The summed E-state index contributed by atoms with van der Waals surface area (Å²) < 4.78 is 5.33. The van der Waals surface area contributed by atoms with Gasteiger partial charge in [0.15, 0.2) is 0 Å². The second-order valence-electron chi connectivity index (χ2n) is 5.96. The van der Waals surface area contributed by atoms with Crippen LogP contribution in [0.25, 0.3) is 11.1 Å². The highest BCUT2D eigenvalue weighted by Crippen LogP contribution is 2.30. The zero-order valence-corrected chi connectivity index (χ0v) is 15.2. The van der Waals surface area contributed by atoms with Crippen molar-refractivity contribution in [1.82, 2.24) is 0 Å². The van der Waals surface area contributed by atoms with Gasteiger partial charge in [-0.1, -0.05) is 48.5 Å². The fraction of sp³-hybridized carbons (Fsp3) is 0.0909. The summed E-state index contributed by atoms with van der Waals surface area (Å²) in [6.45, 7) is 1.43. The van der Waals surface area contributed by atoms with Gasteiger partial charge in [-0.15, -0.1) is 0 Å². The Morgan fingerprint density at radius 2 is 1.56 bits per heavy atom. The molecule has 0 bridgehead atoms. The van der Waals surface area contributed by atoms with E-state index in [9.17, 15) is 9.59 Å². The van der Waals surface area contributed by atoms with Crippen LogP contribution in [-0.4, -0.2) is 18.9 Å². The van der Waals surface area contributed by atoms with E-state index in [1.807, 2.05) is 48.5 Å². The van der Waals surface area contributed by atoms with E-state index < -0.39 is 0 Å². The number of benzene rings is 3. The third-order valence-corrected chi connectivity index (χ3v) is 4.02. The Kier molecular flexibility index (Phi) is 5.52. The van der Waals surface area contributed by atoms with Gasteiger partial charge in [0.2, 0.25) is 5.91 Å². The van der Waals surface area contributed by atoms with Crippen LogP contribution in [0.3, 0.4) is 0 Å². The minimum absolute atomic E-state index is 0.188. The zero-order chi connectivity index (χ0) is 19.2. The molecule has 2 amide bonds. The van der Waals surface area contributed by atoms with Crippen molar-refractivity contribution in [2.24, 2.45) is 0 Å². The van der Waals surface area contributed by atoms with Crippen LogP contribution in [0, 0.1) is 0 Å². The molecule has 2 N–H and O–H groups in total. The fourth-order valence-corrected chi connectivity index (χ4v) is 2.83. The van der Waals surface area contributed by atoms with Gasteiger partial charge in [0.1, 0.15) is 5.75 Å².